The highest BCUT2D eigenvalue weighted by atomic mass is 19.1. The van der Waals surface area contributed by atoms with Crippen LogP contribution >= 0.6 is 0 Å². The number of benzene rings is 1. The van der Waals surface area contributed by atoms with Crippen LogP contribution in [0.5, 0.6) is 0 Å². The first-order chi connectivity index (χ1) is 9.06. The van der Waals surface area contributed by atoms with E-state index in [1.165, 1.54) is 31.4 Å². The lowest BCUT2D eigenvalue weighted by Crippen LogP contribution is -2.26. The maximum absolute atomic E-state index is 13.2. The van der Waals surface area contributed by atoms with E-state index >= 15 is 0 Å². The number of amidine groups is 1. The van der Waals surface area contributed by atoms with E-state index in [4.69, 9.17) is 11.1 Å². The SMILES string of the molecule is CC1CCCN(Cc2ccc(F)cc2C(=N)N)CC1. The van der Waals surface area contributed by atoms with Gasteiger partial charge >= 0.3 is 0 Å². The molecule has 0 amide bonds. The van der Waals surface area contributed by atoms with Crippen LogP contribution in [0.15, 0.2) is 18.2 Å². The highest BCUT2D eigenvalue weighted by molar-refractivity contribution is 5.96. The van der Waals surface area contributed by atoms with E-state index in [1.807, 2.05) is 0 Å². The van der Waals surface area contributed by atoms with Gasteiger partial charge in [-0.1, -0.05) is 13.0 Å². The second-order valence-corrected chi connectivity index (χ2v) is 5.53. The Morgan fingerprint density at radius 2 is 2.21 bits per heavy atom. The molecule has 0 aromatic heterocycles. The van der Waals surface area contributed by atoms with Gasteiger partial charge in [0.05, 0.1) is 0 Å². The predicted molar refractivity (Wildman–Crippen MR) is 75.7 cm³/mol. The molecule has 3 nitrogen and oxygen atoms in total. The first-order valence-electron chi connectivity index (χ1n) is 6.91. The van der Waals surface area contributed by atoms with Gasteiger partial charge in [0.1, 0.15) is 11.7 Å². The smallest absolute Gasteiger partial charge is 0.123 e. The number of halogens is 1. The maximum atomic E-state index is 13.2. The fraction of sp³-hybridized carbons (Fsp3) is 0.533. The lowest BCUT2D eigenvalue weighted by atomic mass is 10.0. The fourth-order valence-corrected chi connectivity index (χ4v) is 2.66. The van der Waals surface area contributed by atoms with Crippen LogP contribution in [0.1, 0.15) is 37.3 Å². The van der Waals surface area contributed by atoms with E-state index in [9.17, 15) is 4.39 Å². The van der Waals surface area contributed by atoms with Crippen LogP contribution in [-0.4, -0.2) is 23.8 Å². The molecule has 104 valence electrons. The number of nitrogens with two attached hydrogens (primary N) is 1. The van der Waals surface area contributed by atoms with E-state index < -0.39 is 0 Å². The molecular formula is C15H22FN3. The molecule has 1 atom stereocenters. The molecule has 2 rings (SSSR count). The van der Waals surface area contributed by atoms with Gasteiger partial charge in [0.25, 0.3) is 0 Å². The Labute approximate surface area is 114 Å². The molecule has 1 fully saturated rings. The summed E-state index contributed by atoms with van der Waals surface area (Å²) in [4.78, 5) is 2.38. The maximum Gasteiger partial charge on any atom is 0.123 e. The molecule has 0 aliphatic carbocycles. The minimum atomic E-state index is -0.335. The molecule has 0 bridgehead atoms. The van der Waals surface area contributed by atoms with Gasteiger partial charge in [-0.2, -0.15) is 0 Å². The highest BCUT2D eigenvalue weighted by Crippen LogP contribution is 2.20. The number of hydrogen-bond donors (Lipinski definition) is 2. The van der Waals surface area contributed by atoms with Gasteiger partial charge in [-0.25, -0.2) is 4.39 Å². The summed E-state index contributed by atoms with van der Waals surface area (Å²) in [5.74, 6) is 0.390. The van der Waals surface area contributed by atoms with Crippen molar-refractivity contribution in [2.45, 2.75) is 32.7 Å². The molecule has 19 heavy (non-hydrogen) atoms. The quantitative estimate of drug-likeness (QED) is 0.651. The van der Waals surface area contributed by atoms with Crippen molar-refractivity contribution in [1.82, 2.24) is 4.90 Å². The third kappa shape index (κ3) is 3.77. The fourth-order valence-electron chi connectivity index (χ4n) is 2.66. The third-order valence-electron chi connectivity index (χ3n) is 3.87. The minimum absolute atomic E-state index is 0.0577. The zero-order valence-corrected chi connectivity index (χ0v) is 11.5. The molecule has 1 aliphatic heterocycles. The van der Waals surface area contributed by atoms with Crippen LogP contribution in [0.3, 0.4) is 0 Å². The minimum Gasteiger partial charge on any atom is -0.384 e. The summed E-state index contributed by atoms with van der Waals surface area (Å²) in [5, 5.41) is 7.56. The zero-order chi connectivity index (χ0) is 13.8. The average Bonchev–Trinajstić information content (AvgIpc) is 2.56. The largest absolute Gasteiger partial charge is 0.384 e. The van der Waals surface area contributed by atoms with Crippen LogP contribution in [0, 0.1) is 17.1 Å². The molecule has 0 saturated carbocycles. The number of nitrogens with one attached hydrogen (secondary N) is 1. The van der Waals surface area contributed by atoms with Crippen molar-refractivity contribution in [3.8, 4) is 0 Å². The number of hydrogen-bond acceptors (Lipinski definition) is 2. The van der Waals surface area contributed by atoms with Crippen molar-refractivity contribution < 1.29 is 4.39 Å². The Morgan fingerprint density at radius 1 is 1.42 bits per heavy atom. The van der Waals surface area contributed by atoms with Crippen molar-refractivity contribution >= 4 is 5.84 Å². The van der Waals surface area contributed by atoms with Gasteiger partial charge in [-0.15, -0.1) is 0 Å². The molecule has 1 aromatic rings. The number of rotatable bonds is 3. The average molecular weight is 263 g/mol. The number of likely N-dealkylation sites (tertiary alicyclic amines) is 1. The van der Waals surface area contributed by atoms with Gasteiger partial charge in [-0.05, 0) is 56.0 Å². The van der Waals surface area contributed by atoms with E-state index in [1.54, 1.807) is 6.07 Å². The molecule has 1 aromatic carbocycles. The Kier molecular flexibility index (Phi) is 4.53. The Bertz CT molecular complexity index is 459. The first-order valence-corrected chi connectivity index (χ1v) is 6.91. The summed E-state index contributed by atoms with van der Waals surface area (Å²) in [5.41, 5.74) is 7.01. The van der Waals surface area contributed by atoms with E-state index in [2.05, 4.69) is 11.8 Å². The molecule has 1 saturated heterocycles. The molecule has 0 spiro atoms. The van der Waals surface area contributed by atoms with Crippen molar-refractivity contribution in [3.63, 3.8) is 0 Å². The van der Waals surface area contributed by atoms with Crippen molar-refractivity contribution in [2.24, 2.45) is 11.7 Å². The molecule has 1 aliphatic rings. The lowest BCUT2D eigenvalue weighted by Gasteiger charge is -2.21. The van der Waals surface area contributed by atoms with Gasteiger partial charge in [0, 0.05) is 12.1 Å². The van der Waals surface area contributed by atoms with E-state index in [0.29, 0.717) is 5.56 Å². The summed E-state index contributed by atoms with van der Waals surface area (Å²) < 4.78 is 13.2. The normalized spacial score (nSPS) is 21.1. The number of nitrogens with zero attached hydrogens (tertiary/aromatic N) is 1. The van der Waals surface area contributed by atoms with Crippen molar-refractivity contribution in [2.75, 3.05) is 13.1 Å². The molecule has 3 N–H and O–H groups in total. The Morgan fingerprint density at radius 3 is 2.95 bits per heavy atom. The zero-order valence-electron chi connectivity index (χ0n) is 11.5. The van der Waals surface area contributed by atoms with Crippen LogP contribution in [-0.2, 0) is 6.54 Å². The Hall–Kier alpha value is -1.42. The summed E-state index contributed by atoms with van der Waals surface area (Å²) in [6.07, 6.45) is 3.69. The molecule has 4 heteroatoms. The molecule has 1 unspecified atom stereocenters. The summed E-state index contributed by atoms with van der Waals surface area (Å²) >= 11 is 0. The second-order valence-electron chi connectivity index (χ2n) is 5.53. The van der Waals surface area contributed by atoms with Crippen LogP contribution in [0.25, 0.3) is 0 Å². The molecular weight excluding hydrogens is 241 g/mol. The third-order valence-corrected chi connectivity index (χ3v) is 3.87. The van der Waals surface area contributed by atoms with Crippen molar-refractivity contribution in [1.29, 1.82) is 5.41 Å². The highest BCUT2D eigenvalue weighted by Gasteiger charge is 2.16. The van der Waals surface area contributed by atoms with Crippen LogP contribution in [0.2, 0.25) is 0 Å². The lowest BCUT2D eigenvalue weighted by molar-refractivity contribution is 0.273. The molecule has 1 heterocycles. The summed E-state index contributed by atoms with van der Waals surface area (Å²) in [7, 11) is 0. The standard InChI is InChI=1S/C15H22FN3/c1-11-3-2-7-19(8-6-11)10-12-4-5-13(16)9-14(12)15(17)18/h4-5,9,11H,2-3,6-8,10H2,1H3,(H3,17,18). The topological polar surface area (TPSA) is 53.1 Å². The van der Waals surface area contributed by atoms with Crippen molar-refractivity contribution in [3.05, 3.63) is 35.1 Å². The monoisotopic (exact) mass is 263 g/mol. The van der Waals surface area contributed by atoms with Gasteiger partial charge in [0.15, 0.2) is 0 Å². The van der Waals surface area contributed by atoms with E-state index in [0.717, 1.165) is 31.1 Å². The summed E-state index contributed by atoms with van der Waals surface area (Å²) in [6, 6.07) is 4.56. The van der Waals surface area contributed by atoms with Gasteiger partial charge in [-0.3, -0.25) is 10.3 Å². The second kappa shape index (κ2) is 6.15. The number of nitrogen functional groups attached to an aromatic ring is 1. The van der Waals surface area contributed by atoms with E-state index in [-0.39, 0.29) is 11.7 Å². The van der Waals surface area contributed by atoms with Crippen LogP contribution in [0.4, 0.5) is 4.39 Å². The van der Waals surface area contributed by atoms with Gasteiger partial charge < -0.3 is 5.73 Å². The molecule has 0 radical (unpaired) electrons. The van der Waals surface area contributed by atoms with Crippen LogP contribution < -0.4 is 5.73 Å². The first kappa shape index (κ1) is 14.0. The Balaban J connectivity index is 2.12. The summed E-state index contributed by atoms with van der Waals surface area (Å²) in [6.45, 7) is 5.18. The van der Waals surface area contributed by atoms with Gasteiger partial charge in [0.2, 0.25) is 0 Å². The predicted octanol–water partition coefficient (Wildman–Crippen LogP) is 2.73.